The fraction of sp³-hybridized carbons (Fsp3) is 0.238. The van der Waals surface area contributed by atoms with Gasteiger partial charge in [0.25, 0.3) is 0 Å². The number of carbonyl (C=O) groups excluding carboxylic acids is 2. The van der Waals surface area contributed by atoms with Crippen molar-refractivity contribution in [3.05, 3.63) is 69.9 Å². The summed E-state index contributed by atoms with van der Waals surface area (Å²) in [4.78, 5) is 24.5. The van der Waals surface area contributed by atoms with Crippen LogP contribution in [0.5, 0.6) is 0 Å². The van der Waals surface area contributed by atoms with Crippen LogP contribution < -0.4 is 0 Å². The van der Waals surface area contributed by atoms with Crippen LogP contribution in [0, 0.1) is 6.92 Å². The molecule has 0 fully saturated rings. The van der Waals surface area contributed by atoms with E-state index in [0.29, 0.717) is 29.1 Å². The molecule has 3 rings (SSSR count). The summed E-state index contributed by atoms with van der Waals surface area (Å²) in [5, 5.41) is 1.51. The van der Waals surface area contributed by atoms with Gasteiger partial charge >= 0.3 is 5.97 Å². The summed E-state index contributed by atoms with van der Waals surface area (Å²) in [6.07, 6.45) is 0.421. The molecule has 0 aliphatic rings. The Bertz CT molecular complexity index is 1000. The smallest absolute Gasteiger partial charge is 0.337 e. The third-order valence-corrected chi connectivity index (χ3v) is 5.00. The molecule has 5 heteroatoms. The summed E-state index contributed by atoms with van der Waals surface area (Å²) >= 11 is 6.32. The Morgan fingerprint density at radius 1 is 1.15 bits per heavy atom. The average Bonchev–Trinajstić information content (AvgIpc) is 2.93. The van der Waals surface area contributed by atoms with Crippen molar-refractivity contribution in [2.24, 2.45) is 0 Å². The minimum atomic E-state index is -0.404. The lowest BCUT2D eigenvalue weighted by Gasteiger charge is -2.11. The zero-order valence-corrected chi connectivity index (χ0v) is 15.8. The van der Waals surface area contributed by atoms with Crippen molar-refractivity contribution in [3.8, 4) is 0 Å². The summed E-state index contributed by atoms with van der Waals surface area (Å²) in [7, 11) is 1.35. The lowest BCUT2D eigenvalue weighted by Crippen LogP contribution is -2.05. The van der Waals surface area contributed by atoms with Gasteiger partial charge in [0.15, 0.2) is 5.78 Å². The number of nitrogens with zero attached hydrogens (tertiary/aromatic N) is 1. The Hall–Kier alpha value is -2.59. The Morgan fingerprint density at radius 2 is 1.88 bits per heavy atom. The first-order valence-corrected chi connectivity index (χ1v) is 8.83. The summed E-state index contributed by atoms with van der Waals surface area (Å²) in [5.74, 6) is -0.324. The number of ether oxygens (including phenoxy) is 1. The van der Waals surface area contributed by atoms with Crippen LogP contribution >= 0.6 is 11.6 Å². The van der Waals surface area contributed by atoms with E-state index < -0.39 is 5.97 Å². The summed E-state index contributed by atoms with van der Waals surface area (Å²) < 4.78 is 6.87. The first-order valence-electron chi connectivity index (χ1n) is 8.45. The SMILES string of the molecule is CCC(=O)c1c(C)n(Cc2ccccc2Cl)c2cc(C(=O)OC)ccc12. The highest BCUT2D eigenvalue weighted by molar-refractivity contribution is 6.31. The van der Waals surface area contributed by atoms with Crippen molar-refractivity contribution < 1.29 is 14.3 Å². The van der Waals surface area contributed by atoms with E-state index in [-0.39, 0.29) is 5.78 Å². The maximum atomic E-state index is 12.5. The van der Waals surface area contributed by atoms with Crippen LogP contribution in [0.3, 0.4) is 0 Å². The van der Waals surface area contributed by atoms with Crippen LogP contribution in [0.4, 0.5) is 0 Å². The fourth-order valence-corrected chi connectivity index (χ4v) is 3.45. The van der Waals surface area contributed by atoms with E-state index >= 15 is 0 Å². The Kier molecular flexibility index (Phi) is 5.14. The second-order valence-electron chi connectivity index (χ2n) is 6.14. The number of carbonyl (C=O) groups is 2. The molecule has 1 aromatic heterocycles. The lowest BCUT2D eigenvalue weighted by atomic mass is 10.0. The molecule has 1 heterocycles. The highest BCUT2D eigenvalue weighted by Crippen LogP contribution is 2.30. The minimum absolute atomic E-state index is 0.0798. The number of aromatic nitrogens is 1. The lowest BCUT2D eigenvalue weighted by molar-refractivity contribution is 0.0600. The van der Waals surface area contributed by atoms with E-state index in [9.17, 15) is 9.59 Å². The fourth-order valence-electron chi connectivity index (χ4n) is 3.25. The highest BCUT2D eigenvalue weighted by Gasteiger charge is 2.20. The number of hydrogen-bond acceptors (Lipinski definition) is 3. The molecule has 0 aliphatic carbocycles. The topological polar surface area (TPSA) is 48.3 Å². The van der Waals surface area contributed by atoms with Crippen molar-refractivity contribution in [1.82, 2.24) is 4.57 Å². The van der Waals surface area contributed by atoms with E-state index in [4.69, 9.17) is 16.3 Å². The number of Topliss-reactive ketones (excluding diaryl/α,β-unsaturated/α-hetero) is 1. The van der Waals surface area contributed by atoms with Crippen LogP contribution in [0.25, 0.3) is 10.9 Å². The molecule has 0 radical (unpaired) electrons. The third kappa shape index (κ3) is 3.13. The largest absolute Gasteiger partial charge is 0.465 e. The molecule has 2 aromatic carbocycles. The Morgan fingerprint density at radius 3 is 2.54 bits per heavy atom. The van der Waals surface area contributed by atoms with E-state index in [1.807, 2.05) is 48.7 Å². The number of methoxy groups -OCH3 is 1. The van der Waals surface area contributed by atoms with Crippen LogP contribution in [0.2, 0.25) is 5.02 Å². The number of esters is 1. The molecular weight excluding hydrogens is 350 g/mol. The van der Waals surface area contributed by atoms with Gasteiger partial charge in [-0.05, 0) is 30.7 Å². The maximum Gasteiger partial charge on any atom is 0.337 e. The predicted molar refractivity (Wildman–Crippen MR) is 103 cm³/mol. The quantitative estimate of drug-likeness (QED) is 0.468. The molecule has 134 valence electrons. The van der Waals surface area contributed by atoms with E-state index in [1.54, 1.807) is 12.1 Å². The summed E-state index contributed by atoms with van der Waals surface area (Å²) in [6, 6.07) is 12.9. The van der Waals surface area contributed by atoms with Gasteiger partial charge in [-0.2, -0.15) is 0 Å². The number of rotatable bonds is 5. The van der Waals surface area contributed by atoms with E-state index in [0.717, 1.165) is 22.2 Å². The molecule has 3 aromatic rings. The number of hydrogen-bond donors (Lipinski definition) is 0. The molecule has 0 atom stereocenters. The molecule has 0 amide bonds. The third-order valence-electron chi connectivity index (χ3n) is 4.63. The van der Waals surface area contributed by atoms with E-state index in [2.05, 4.69) is 0 Å². The normalized spacial score (nSPS) is 10.9. The van der Waals surface area contributed by atoms with Crippen LogP contribution in [0.1, 0.15) is 45.3 Å². The second-order valence-corrected chi connectivity index (χ2v) is 6.55. The number of fused-ring (bicyclic) bond motifs is 1. The van der Waals surface area contributed by atoms with Crippen molar-refractivity contribution >= 4 is 34.3 Å². The zero-order chi connectivity index (χ0) is 18.8. The number of ketones is 1. The van der Waals surface area contributed by atoms with Crippen LogP contribution in [0.15, 0.2) is 42.5 Å². The molecule has 0 unspecified atom stereocenters. The molecule has 0 aliphatic heterocycles. The molecule has 4 nitrogen and oxygen atoms in total. The Labute approximate surface area is 157 Å². The van der Waals surface area contributed by atoms with Crippen molar-refractivity contribution in [2.75, 3.05) is 7.11 Å². The van der Waals surface area contributed by atoms with E-state index in [1.165, 1.54) is 7.11 Å². The Balaban J connectivity index is 2.25. The van der Waals surface area contributed by atoms with Gasteiger partial charge in [-0.3, -0.25) is 4.79 Å². The summed E-state index contributed by atoms with van der Waals surface area (Å²) in [5.41, 5.74) is 3.79. The summed E-state index contributed by atoms with van der Waals surface area (Å²) in [6.45, 7) is 4.29. The minimum Gasteiger partial charge on any atom is -0.465 e. The van der Waals surface area contributed by atoms with Gasteiger partial charge in [0.2, 0.25) is 0 Å². The van der Waals surface area contributed by atoms with Gasteiger partial charge < -0.3 is 9.30 Å². The first-order chi connectivity index (χ1) is 12.5. The average molecular weight is 370 g/mol. The molecule has 26 heavy (non-hydrogen) atoms. The number of halogens is 1. The van der Waals surface area contributed by atoms with Gasteiger partial charge in [-0.15, -0.1) is 0 Å². The molecule has 0 saturated carbocycles. The zero-order valence-electron chi connectivity index (χ0n) is 15.0. The molecule has 0 bridgehead atoms. The van der Waals surface area contributed by atoms with Crippen LogP contribution in [-0.4, -0.2) is 23.4 Å². The van der Waals surface area contributed by atoms with Gasteiger partial charge in [0.05, 0.1) is 18.2 Å². The standard InChI is InChI=1S/C21H20ClNO3/c1-4-19(24)20-13(2)23(12-15-7-5-6-8-17(15)22)18-11-14(21(25)26-3)9-10-16(18)20/h5-11H,4,12H2,1-3H3. The van der Waals surface area contributed by atoms with Gasteiger partial charge in [-0.25, -0.2) is 4.79 Å². The van der Waals surface area contributed by atoms with Crippen molar-refractivity contribution in [2.45, 2.75) is 26.8 Å². The van der Waals surface area contributed by atoms with Crippen molar-refractivity contribution in [1.29, 1.82) is 0 Å². The van der Waals surface area contributed by atoms with Crippen LogP contribution in [-0.2, 0) is 11.3 Å². The second kappa shape index (κ2) is 7.34. The first kappa shape index (κ1) is 18.2. The van der Waals surface area contributed by atoms with Gasteiger partial charge in [-0.1, -0.05) is 42.8 Å². The molecule has 0 saturated heterocycles. The van der Waals surface area contributed by atoms with Crippen molar-refractivity contribution in [3.63, 3.8) is 0 Å². The molecular formula is C21H20ClNO3. The number of benzene rings is 2. The molecule has 0 N–H and O–H groups in total. The molecule has 0 spiro atoms. The van der Waals surface area contributed by atoms with Gasteiger partial charge in [0.1, 0.15) is 0 Å². The predicted octanol–water partition coefficient (Wildman–Crippen LogP) is 5.03. The maximum absolute atomic E-state index is 12.5. The van der Waals surface area contributed by atoms with Gasteiger partial charge in [0, 0.05) is 34.6 Å². The highest BCUT2D eigenvalue weighted by atomic mass is 35.5. The monoisotopic (exact) mass is 369 g/mol.